The molecule has 1 saturated heterocycles. The van der Waals surface area contributed by atoms with Crippen LogP contribution in [-0.4, -0.2) is 22.9 Å². The van der Waals surface area contributed by atoms with E-state index in [0.717, 1.165) is 18.7 Å². The lowest BCUT2D eigenvalue weighted by Gasteiger charge is -2.10. The molecule has 0 spiro atoms. The average Bonchev–Trinajstić information content (AvgIpc) is 2.89. The standard InChI is InChI=1S/C15H20N2O2/c1-12(2)14-6-5-13(15(11-14)17(18)19)7-10-16-8-3-4-9-16/h5-7,10-12H,3-4,8-9H2,1-2H3/b10-7+. The van der Waals surface area contributed by atoms with Crippen LogP contribution in [0.1, 0.15) is 43.7 Å². The zero-order valence-electron chi connectivity index (χ0n) is 11.5. The van der Waals surface area contributed by atoms with Crippen molar-refractivity contribution >= 4 is 11.8 Å². The number of nitrogens with zero attached hydrogens (tertiary/aromatic N) is 2. The van der Waals surface area contributed by atoms with Gasteiger partial charge in [-0.25, -0.2) is 0 Å². The number of hydrogen-bond donors (Lipinski definition) is 0. The third-order valence-electron chi connectivity index (χ3n) is 3.52. The predicted octanol–water partition coefficient (Wildman–Crippen LogP) is 3.78. The summed E-state index contributed by atoms with van der Waals surface area (Å²) in [7, 11) is 0. The predicted molar refractivity (Wildman–Crippen MR) is 77.0 cm³/mol. The molecule has 0 N–H and O–H groups in total. The Hall–Kier alpha value is -1.84. The van der Waals surface area contributed by atoms with E-state index in [1.165, 1.54) is 12.8 Å². The molecule has 0 aromatic heterocycles. The maximum atomic E-state index is 11.2. The molecule has 102 valence electrons. The van der Waals surface area contributed by atoms with Gasteiger partial charge in [0.1, 0.15) is 0 Å². The lowest BCUT2D eigenvalue weighted by Crippen LogP contribution is -2.10. The molecule has 2 rings (SSSR count). The van der Waals surface area contributed by atoms with Crippen molar-refractivity contribution in [3.8, 4) is 0 Å². The van der Waals surface area contributed by atoms with Gasteiger partial charge in [0.2, 0.25) is 0 Å². The summed E-state index contributed by atoms with van der Waals surface area (Å²) in [5.74, 6) is 0.301. The van der Waals surface area contributed by atoms with Crippen molar-refractivity contribution in [2.45, 2.75) is 32.6 Å². The number of nitro benzene ring substituents is 1. The van der Waals surface area contributed by atoms with E-state index in [4.69, 9.17) is 0 Å². The summed E-state index contributed by atoms with van der Waals surface area (Å²) in [5, 5.41) is 11.2. The van der Waals surface area contributed by atoms with Crippen molar-refractivity contribution in [1.82, 2.24) is 4.90 Å². The van der Waals surface area contributed by atoms with E-state index < -0.39 is 0 Å². The number of hydrogen-bond acceptors (Lipinski definition) is 3. The minimum atomic E-state index is -0.296. The van der Waals surface area contributed by atoms with Gasteiger partial charge in [-0.2, -0.15) is 0 Å². The van der Waals surface area contributed by atoms with E-state index in [1.807, 2.05) is 38.3 Å². The third-order valence-corrected chi connectivity index (χ3v) is 3.52. The van der Waals surface area contributed by atoms with Gasteiger partial charge in [-0.1, -0.05) is 19.9 Å². The van der Waals surface area contributed by atoms with E-state index in [1.54, 1.807) is 6.07 Å². The summed E-state index contributed by atoms with van der Waals surface area (Å²) >= 11 is 0. The monoisotopic (exact) mass is 260 g/mol. The first-order chi connectivity index (χ1) is 9.08. The Morgan fingerprint density at radius 1 is 1.32 bits per heavy atom. The second-order valence-electron chi connectivity index (χ2n) is 5.29. The van der Waals surface area contributed by atoms with Crippen molar-refractivity contribution in [3.63, 3.8) is 0 Å². The number of benzene rings is 1. The zero-order chi connectivity index (χ0) is 13.8. The van der Waals surface area contributed by atoms with Gasteiger partial charge in [0, 0.05) is 19.2 Å². The van der Waals surface area contributed by atoms with Crippen molar-refractivity contribution in [2.24, 2.45) is 0 Å². The molecule has 1 heterocycles. The quantitative estimate of drug-likeness (QED) is 0.611. The first-order valence-electron chi connectivity index (χ1n) is 6.78. The number of rotatable bonds is 4. The average molecular weight is 260 g/mol. The van der Waals surface area contributed by atoms with Gasteiger partial charge in [-0.3, -0.25) is 10.1 Å². The molecule has 0 unspecified atom stereocenters. The lowest BCUT2D eigenvalue weighted by molar-refractivity contribution is -0.385. The molecular weight excluding hydrogens is 240 g/mol. The Morgan fingerprint density at radius 3 is 2.58 bits per heavy atom. The SMILES string of the molecule is CC(C)c1ccc(/C=C/N2CCCC2)c([N+](=O)[O-])c1. The van der Waals surface area contributed by atoms with Crippen LogP contribution >= 0.6 is 0 Å². The Morgan fingerprint density at radius 2 is 2.00 bits per heavy atom. The highest BCUT2D eigenvalue weighted by Gasteiger charge is 2.14. The van der Waals surface area contributed by atoms with E-state index in [-0.39, 0.29) is 10.6 Å². The van der Waals surface area contributed by atoms with Crippen LogP contribution in [0.4, 0.5) is 5.69 Å². The fourth-order valence-corrected chi connectivity index (χ4v) is 2.30. The molecule has 0 atom stereocenters. The highest BCUT2D eigenvalue weighted by atomic mass is 16.6. The highest BCUT2D eigenvalue weighted by molar-refractivity contribution is 5.61. The Labute approximate surface area is 113 Å². The molecule has 1 aliphatic heterocycles. The van der Waals surface area contributed by atoms with Gasteiger partial charge in [0.15, 0.2) is 0 Å². The van der Waals surface area contributed by atoms with E-state index >= 15 is 0 Å². The van der Waals surface area contributed by atoms with Crippen LogP contribution < -0.4 is 0 Å². The van der Waals surface area contributed by atoms with Crippen LogP contribution in [-0.2, 0) is 0 Å². The molecule has 1 aromatic rings. The topological polar surface area (TPSA) is 46.4 Å². The fraction of sp³-hybridized carbons (Fsp3) is 0.467. The maximum Gasteiger partial charge on any atom is 0.276 e. The highest BCUT2D eigenvalue weighted by Crippen LogP contribution is 2.26. The molecular formula is C15H20N2O2. The maximum absolute atomic E-state index is 11.2. The molecule has 1 fully saturated rings. The summed E-state index contributed by atoms with van der Waals surface area (Å²) < 4.78 is 0. The van der Waals surface area contributed by atoms with Crippen molar-refractivity contribution < 1.29 is 4.92 Å². The minimum absolute atomic E-state index is 0.196. The molecule has 19 heavy (non-hydrogen) atoms. The molecule has 0 bridgehead atoms. The largest absolute Gasteiger partial charge is 0.377 e. The number of nitro groups is 1. The molecule has 1 aliphatic rings. The minimum Gasteiger partial charge on any atom is -0.377 e. The second kappa shape index (κ2) is 5.87. The van der Waals surface area contributed by atoms with Gasteiger partial charge < -0.3 is 4.90 Å². The lowest BCUT2D eigenvalue weighted by atomic mass is 10.0. The van der Waals surface area contributed by atoms with Crippen molar-refractivity contribution in [2.75, 3.05) is 13.1 Å². The van der Waals surface area contributed by atoms with Crippen LogP contribution in [0.3, 0.4) is 0 Å². The van der Waals surface area contributed by atoms with Crippen LogP contribution in [0.5, 0.6) is 0 Å². The summed E-state index contributed by atoms with van der Waals surface area (Å²) in [4.78, 5) is 13.1. The van der Waals surface area contributed by atoms with Crippen LogP contribution in [0, 0.1) is 10.1 Å². The second-order valence-corrected chi connectivity index (χ2v) is 5.29. The summed E-state index contributed by atoms with van der Waals surface area (Å²) in [6.45, 7) is 6.18. The van der Waals surface area contributed by atoms with E-state index in [0.29, 0.717) is 11.5 Å². The zero-order valence-corrected chi connectivity index (χ0v) is 11.5. The van der Waals surface area contributed by atoms with Gasteiger partial charge in [0.25, 0.3) is 5.69 Å². The van der Waals surface area contributed by atoms with Gasteiger partial charge in [0.05, 0.1) is 10.5 Å². The molecule has 0 aliphatic carbocycles. The Balaban J connectivity index is 2.25. The molecule has 4 heteroatoms. The van der Waals surface area contributed by atoms with Crippen molar-refractivity contribution in [3.05, 3.63) is 45.6 Å². The number of likely N-dealkylation sites (tertiary alicyclic amines) is 1. The summed E-state index contributed by atoms with van der Waals surface area (Å²) in [6.07, 6.45) is 6.25. The molecule has 1 aromatic carbocycles. The van der Waals surface area contributed by atoms with Crippen molar-refractivity contribution in [1.29, 1.82) is 0 Å². The first kappa shape index (κ1) is 13.6. The van der Waals surface area contributed by atoms with E-state index in [2.05, 4.69) is 4.90 Å². The van der Waals surface area contributed by atoms with Crippen LogP contribution in [0.2, 0.25) is 0 Å². The third kappa shape index (κ3) is 3.34. The first-order valence-corrected chi connectivity index (χ1v) is 6.78. The normalized spacial score (nSPS) is 15.6. The fourth-order valence-electron chi connectivity index (χ4n) is 2.30. The van der Waals surface area contributed by atoms with Crippen LogP contribution in [0.25, 0.3) is 6.08 Å². The summed E-state index contributed by atoms with van der Waals surface area (Å²) in [5.41, 5.74) is 1.88. The van der Waals surface area contributed by atoms with Gasteiger partial charge >= 0.3 is 0 Å². The molecule has 0 saturated carbocycles. The van der Waals surface area contributed by atoms with Gasteiger partial charge in [-0.05, 0) is 42.7 Å². The van der Waals surface area contributed by atoms with E-state index in [9.17, 15) is 10.1 Å². The Bertz CT molecular complexity index is 489. The molecule has 0 radical (unpaired) electrons. The molecule has 4 nitrogen and oxygen atoms in total. The smallest absolute Gasteiger partial charge is 0.276 e. The van der Waals surface area contributed by atoms with Crippen LogP contribution in [0.15, 0.2) is 24.4 Å². The van der Waals surface area contributed by atoms with Gasteiger partial charge in [-0.15, -0.1) is 0 Å². The summed E-state index contributed by atoms with van der Waals surface area (Å²) in [6, 6.07) is 5.51. The molecule has 0 amide bonds. The Kier molecular flexibility index (Phi) is 4.20.